The predicted octanol–water partition coefficient (Wildman–Crippen LogP) is 3.76. The Morgan fingerprint density at radius 1 is 1.08 bits per heavy atom. The summed E-state index contributed by atoms with van der Waals surface area (Å²) < 4.78 is 11.2. The molecule has 3 aliphatic rings. The van der Waals surface area contributed by atoms with Crippen LogP contribution in [0.4, 0.5) is 4.79 Å². The number of nitrogens with one attached hydrogen (secondary N) is 1. The summed E-state index contributed by atoms with van der Waals surface area (Å²) in [6.07, 6.45) is 1.10. The number of aromatic amines is 1. The summed E-state index contributed by atoms with van der Waals surface area (Å²) >= 11 is 0. The first kappa shape index (κ1) is 24.0. The van der Waals surface area contributed by atoms with Crippen LogP contribution >= 0.6 is 0 Å². The maximum atomic E-state index is 14.0. The normalized spacial score (nSPS) is 24.0. The van der Waals surface area contributed by atoms with E-state index in [0.29, 0.717) is 45.8 Å². The molecule has 0 spiro atoms. The minimum atomic E-state index is -0.939. The maximum Gasteiger partial charge on any atom is 0.328 e. The number of morpholine rings is 1. The zero-order chi connectivity index (χ0) is 25.6. The van der Waals surface area contributed by atoms with Gasteiger partial charge < -0.3 is 19.4 Å². The molecule has 1 unspecified atom stereocenters. The number of carbonyl (C=O) groups excluding carboxylic acids is 2. The van der Waals surface area contributed by atoms with Gasteiger partial charge in [-0.15, -0.1) is 0 Å². The number of urea groups is 1. The van der Waals surface area contributed by atoms with E-state index in [1.165, 1.54) is 4.90 Å². The standard InChI is InChI=1S/C29H34N4O4/c1-3-37-21-9-10-24-22(18-21)23-19-29(2)27(34)32(12-11-31-13-15-36-16-14-31)28(35)33(29)25(26(23)30-24)17-20-7-5-4-6-8-20/h4-10,18,25,30H,3,11-17,19H2,1-2H3/t25?,29-/m0/s1. The molecule has 3 aliphatic heterocycles. The number of fused-ring (bicyclic) bond motifs is 4. The number of aromatic nitrogens is 1. The number of H-pyrrole nitrogens is 1. The molecule has 0 aliphatic carbocycles. The lowest BCUT2D eigenvalue weighted by Crippen LogP contribution is -2.53. The molecular weight excluding hydrogens is 468 g/mol. The fourth-order valence-corrected chi connectivity index (χ4v) is 6.21. The molecule has 1 N–H and O–H groups in total. The van der Waals surface area contributed by atoms with Crippen molar-refractivity contribution in [2.24, 2.45) is 0 Å². The molecule has 1 aromatic heterocycles. The fraction of sp³-hybridized carbons (Fsp3) is 0.448. The molecule has 3 amide bonds. The Bertz CT molecular complexity index is 1320. The Balaban J connectivity index is 1.39. The summed E-state index contributed by atoms with van der Waals surface area (Å²) in [6.45, 7) is 8.59. The minimum absolute atomic E-state index is 0.107. The molecule has 8 heteroatoms. The quantitative estimate of drug-likeness (QED) is 0.498. The molecule has 8 nitrogen and oxygen atoms in total. The van der Waals surface area contributed by atoms with E-state index in [2.05, 4.69) is 28.1 Å². The van der Waals surface area contributed by atoms with Gasteiger partial charge in [-0.05, 0) is 49.6 Å². The fourth-order valence-electron chi connectivity index (χ4n) is 6.21. The number of ether oxygens (including phenoxy) is 2. The number of rotatable bonds is 7. The van der Waals surface area contributed by atoms with Crippen LogP contribution < -0.4 is 4.74 Å². The van der Waals surface area contributed by atoms with Crippen LogP contribution in [0.2, 0.25) is 0 Å². The second kappa shape index (κ2) is 9.50. The number of imide groups is 1. The van der Waals surface area contributed by atoms with E-state index < -0.39 is 5.54 Å². The SMILES string of the molecule is CCOc1ccc2[nH]c3c(c2c1)C[C@@]1(C)C(=O)N(CCN2CCOCC2)C(=O)N1C3Cc1ccccc1. The number of amides is 3. The van der Waals surface area contributed by atoms with Crippen LogP contribution in [-0.4, -0.2) is 83.2 Å². The number of hydrogen-bond donors (Lipinski definition) is 1. The van der Waals surface area contributed by atoms with E-state index in [-0.39, 0.29) is 18.0 Å². The van der Waals surface area contributed by atoms with Gasteiger partial charge in [-0.2, -0.15) is 0 Å². The molecule has 3 aromatic rings. The van der Waals surface area contributed by atoms with Gasteiger partial charge in [-0.1, -0.05) is 30.3 Å². The minimum Gasteiger partial charge on any atom is -0.494 e. The van der Waals surface area contributed by atoms with Crippen molar-refractivity contribution in [3.05, 3.63) is 65.4 Å². The maximum absolute atomic E-state index is 14.0. The third-order valence-corrected chi connectivity index (χ3v) is 8.08. The topological polar surface area (TPSA) is 78.1 Å². The summed E-state index contributed by atoms with van der Waals surface area (Å²) in [6, 6.07) is 15.8. The Hall–Kier alpha value is -3.36. The van der Waals surface area contributed by atoms with E-state index >= 15 is 0 Å². The van der Waals surface area contributed by atoms with Crippen molar-refractivity contribution in [2.45, 2.75) is 38.3 Å². The number of benzene rings is 2. The van der Waals surface area contributed by atoms with E-state index in [0.717, 1.165) is 46.6 Å². The van der Waals surface area contributed by atoms with Crippen molar-refractivity contribution in [3.63, 3.8) is 0 Å². The van der Waals surface area contributed by atoms with Gasteiger partial charge in [-0.25, -0.2) is 4.79 Å². The lowest BCUT2D eigenvalue weighted by Gasteiger charge is -2.42. The molecule has 2 fully saturated rings. The first-order valence-corrected chi connectivity index (χ1v) is 13.3. The van der Waals surface area contributed by atoms with Crippen LogP contribution in [-0.2, 0) is 22.4 Å². The zero-order valence-electron chi connectivity index (χ0n) is 21.5. The Kier molecular flexibility index (Phi) is 6.16. The highest BCUT2D eigenvalue weighted by Crippen LogP contribution is 2.47. The molecule has 4 heterocycles. The smallest absolute Gasteiger partial charge is 0.328 e. The number of carbonyl (C=O) groups is 2. The highest BCUT2D eigenvalue weighted by molar-refractivity contribution is 6.08. The van der Waals surface area contributed by atoms with E-state index in [1.807, 2.05) is 49.1 Å². The third-order valence-electron chi connectivity index (χ3n) is 8.08. The zero-order valence-corrected chi connectivity index (χ0v) is 21.5. The van der Waals surface area contributed by atoms with Crippen LogP contribution in [0.1, 0.15) is 36.7 Å². The van der Waals surface area contributed by atoms with Gasteiger partial charge in [0, 0.05) is 49.2 Å². The summed E-state index contributed by atoms with van der Waals surface area (Å²) in [5, 5.41) is 1.06. The first-order chi connectivity index (χ1) is 18.0. The summed E-state index contributed by atoms with van der Waals surface area (Å²) in [5.41, 5.74) is 3.31. The predicted molar refractivity (Wildman–Crippen MR) is 141 cm³/mol. The Labute approximate surface area is 217 Å². The van der Waals surface area contributed by atoms with Crippen LogP contribution in [0.3, 0.4) is 0 Å². The molecule has 0 saturated carbocycles. The van der Waals surface area contributed by atoms with E-state index in [9.17, 15) is 9.59 Å². The highest BCUT2D eigenvalue weighted by atomic mass is 16.5. The monoisotopic (exact) mass is 502 g/mol. The van der Waals surface area contributed by atoms with Crippen molar-refractivity contribution < 1.29 is 19.1 Å². The third kappa shape index (κ3) is 4.08. The average molecular weight is 503 g/mol. The van der Waals surface area contributed by atoms with Crippen molar-refractivity contribution in [2.75, 3.05) is 46.0 Å². The van der Waals surface area contributed by atoms with Gasteiger partial charge in [0.15, 0.2) is 0 Å². The van der Waals surface area contributed by atoms with Crippen LogP contribution in [0.15, 0.2) is 48.5 Å². The van der Waals surface area contributed by atoms with Crippen LogP contribution in [0, 0.1) is 0 Å². The second-order valence-electron chi connectivity index (χ2n) is 10.4. The van der Waals surface area contributed by atoms with Crippen LogP contribution in [0.5, 0.6) is 5.75 Å². The Morgan fingerprint density at radius 2 is 1.86 bits per heavy atom. The van der Waals surface area contributed by atoms with Gasteiger partial charge in [0.25, 0.3) is 5.91 Å². The lowest BCUT2D eigenvalue weighted by atomic mass is 9.81. The lowest BCUT2D eigenvalue weighted by molar-refractivity contribution is -0.133. The second-order valence-corrected chi connectivity index (χ2v) is 10.4. The average Bonchev–Trinajstić information content (AvgIpc) is 3.36. The molecule has 37 heavy (non-hydrogen) atoms. The number of nitrogens with zero attached hydrogens (tertiary/aromatic N) is 3. The van der Waals surface area contributed by atoms with Gasteiger partial charge in [0.2, 0.25) is 0 Å². The first-order valence-electron chi connectivity index (χ1n) is 13.3. The van der Waals surface area contributed by atoms with Crippen LogP contribution in [0.25, 0.3) is 10.9 Å². The molecule has 2 aromatic carbocycles. The molecule has 6 rings (SSSR count). The summed E-state index contributed by atoms with van der Waals surface area (Å²) in [7, 11) is 0. The van der Waals surface area contributed by atoms with Crippen molar-refractivity contribution >= 4 is 22.8 Å². The molecule has 2 atom stereocenters. The molecule has 0 bridgehead atoms. The molecular formula is C29H34N4O4. The van der Waals surface area contributed by atoms with Gasteiger partial charge in [0.05, 0.1) is 25.9 Å². The van der Waals surface area contributed by atoms with Gasteiger partial charge in [-0.3, -0.25) is 14.6 Å². The molecule has 0 radical (unpaired) electrons. The molecule has 194 valence electrons. The van der Waals surface area contributed by atoms with Crippen molar-refractivity contribution in [3.8, 4) is 5.75 Å². The largest absolute Gasteiger partial charge is 0.494 e. The van der Waals surface area contributed by atoms with Gasteiger partial charge >= 0.3 is 6.03 Å². The Morgan fingerprint density at radius 3 is 2.62 bits per heavy atom. The summed E-state index contributed by atoms with van der Waals surface area (Å²) in [5.74, 6) is 0.703. The van der Waals surface area contributed by atoms with Crippen molar-refractivity contribution in [1.29, 1.82) is 0 Å². The van der Waals surface area contributed by atoms with E-state index in [4.69, 9.17) is 9.47 Å². The van der Waals surface area contributed by atoms with Gasteiger partial charge in [0.1, 0.15) is 11.3 Å². The van der Waals surface area contributed by atoms with Crippen molar-refractivity contribution in [1.82, 2.24) is 19.7 Å². The number of hydrogen-bond acceptors (Lipinski definition) is 5. The highest BCUT2D eigenvalue weighted by Gasteiger charge is 2.59. The molecule has 2 saturated heterocycles. The van der Waals surface area contributed by atoms with E-state index in [1.54, 1.807) is 0 Å². The summed E-state index contributed by atoms with van der Waals surface area (Å²) in [4.78, 5) is 37.1.